The lowest BCUT2D eigenvalue weighted by atomic mass is 10.1. The molecule has 1 aliphatic heterocycles. The topological polar surface area (TPSA) is 24.4 Å². The maximum atomic E-state index is 4.31. The zero-order valence-electron chi connectivity index (χ0n) is 6.25. The fourth-order valence-corrected chi connectivity index (χ4v) is 1.21. The van der Waals surface area contributed by atoms with Crippen LogP contribution in [0.4, 0.5) is 0 Å². The molecule has 0 atom stereocenters. The molecule has 0 aliphatic carbocycles. The van der Waals surface area contributed by atoms with Crippen LogP contribution in [0.25, 0.3) is 0 Å². The van der Waals surface area contributed by atoms with E-state index in [0.29, 0.717) is 0 Å². The van der Waals surface area contributed by atoms with Gasteiger partial charge >= 0.3 is 0 Å². The van der Waals surface area contributed by atoms with Crippen molar-refractivity contribution in [2.75, 3.05) is 13.2 Å². The van der Waals surface area contributed by atoms with Crippen LogP contribution in [0, 0.1) is 0 Å². The first-order chi connectivity index (χ1) is 5.47. The number of aliphatic imine (C=N–C) groups is 1. The highest BCUT2D eigenvalue weighted by molar-refractivity contribution is 6.02. The van der Waals surface area contributed by atoms with Crippen molar-refractivity contribution < 1.29 is 0 Å². The Balaban J connectivity index is 2.29. The van der Waals surface area contributed by atoms with Gasteiger partial charge in [-0.05, 0) is 5.56 Å². The normalized spacial score (nSPS) is 16.5. The molecule has 1 aromatic rings. The van der Waals surface area contributed by atoms with Crippen molar-refractivity contribution in [1.82, 2.24) is 5.32 Å². The highest BCUT2D eigenvalue weighted by Gasteiger charge is 2.05. The Hall–Kier alpha value is -1.15. The molecule has 0 amide bonds. The van der Waals surface area contributed by atoms with E-state index in [-0.39, 0.29) is 0 Å². The van der Waals surface area contributed by atoms with Gasteiger partial charge in [0, 0.05) is 6.54 Å². The second kappa shape index (κ2) is 2.84. The summed E-state index contributed by atoms with van der Waals surface area (Å²) in [5.41, 5.74) is 2.41. The summed E-state index contributed by atoms with van der Waals surface area (Å²) in [4.78, 5) is 4.31. The second-order valence-electron chi connectivity index (χ2n) is 2.56. The van der Waals surface area contributed by atoms with Gasteiger partial charge in [0.2, 0.25) is 0 Å². The first kappa shape index (κ1) is 6.55. The standard InChI is InChI=1S/C9H10N2/c1-2-4-8(5-3-1)9-6-10-7-11-9/h1-5,10H,6-7H2. The molecule has 0 saturated carbocycles. The molecule has 1 heterocycles. The molecule has 0 bridgehead atoms. The van der Waals surface area contributed by atoms with E-state index in [2.05, 4.69) is 22.4 Å². The lowest BCUT2D eigenvalue weighted by Gasteiger charge is -1.96. The van der Waals surface area contributed by atoms with E-state index in [1.807, 2.05) is 18.2 Å². The number of hydrogen-bond acceptors (Lipinski definition) is 2. The molecule has 0 fully saturated rings. The van der Waals surface area contributed by atoms with E-state index in [1.54, 1.807) is 0 Å². The smallest absolute Gasteiger partial charge is 0.0891 e. The maximum Gasteiger partial charge on any atom is 0.0891 e. The summed E-state index contributed by atoms with van der Waals surface area (Å²) in [6.07, 6.45) is 0. The first-order valence-electron chi connectivity index (χ1n) is 3.76. The van der Waals surface area contributed by atoms with Crippen molar-refractivity contribution in [3.63, 3.8) is 0 Å². The Bertz CT molecular complexity index is 264. The molecule has 0 saturated heterocycles. The van der Waals surface area contributed by atoms with Crippen LogP contribution in [0.2, 0.25) is 0 Å². The molecular weight excluding hydrogens is 136 g/mol. The van der Waals surface area contributed by atoms with Crippen LogP contribution in [0.15, 0.2) is 35.3 Å². The molecule has 2 heteroatoms. The van der Waals surface area contributed by atoms with Crippen LogP contribution in [0.5, 0.6) is 0 Å². The summed E-state index contributed by atoms with van der Waals surface area (Å²) >= 11 is 0. The van der Waals surface area contributed by atoms with E-state index in [0.717, 1.165) is 13.2 Å². The molecule has 56 valence electrons. The lowest BCUT2D eigenvalue weighted by molar-refractivity contribution is 0.850. The van der Waals surface area contributed by atoms with Crippen molar-refractivity contribution in [1.29, 1.82) is 0 Å². The summed E-state index contributed by atoms with van der Waals surface area (Å²) in [7, 11) is 0. The number of hydrogen-bond donors (Lipinski definition) is 1. The van der Waals surface area contributed by atoms with Crippen LogP contribution < -0.4 is 5.32 Å². The Labute approximate surface area is 66.0 Å². The highest BCUT2D eigenvalue weighted by Crippen LogP contribution is 2.02. The van der Waals surface area contributed by atoms with Gasteiger partial charge in [0.25, 0.3) is 0 Å². The summed E-state index contributed by atoms with van der Waals surface area (Å²) in [6.45, 7) is 1.67. The third-order valence-electron chi connectivity index (χ3n) is 1.78. The van der Waals surface area contributed by atoms with Gasteiger partial charge in [0.05, 0.1) is 12.4 Å². The van der Waals surface area contributed by atoms with Crippen LogP contribution in [-0.2, 0) is 0 Å². The van der Waals surface area contributed by atoms with E-state index in [9.17, 15) is 0 Å². The zero-order valence-corrected chi connectivity index (χ0v) is 6.25. The number of rotatable bonds is 1. The fourth-order valence-electron chi connectivity index (χ4n) is 1.21. The van der Waals surface area contributed by atoms with E-state index in [4.69, 9.17) is 0 Å². The Morgan fingerprint density at radius 2 is 2.00 bits per heavy atom. The fraction of sp³-hybridized carbons (Fsp3) is 0.222. The SMILES string of the molecule is c1ccc(C2=NCNC2)cc1. The van der Waals surface area contributed by atoms with Crippen molar-refractivity contribution in [3.05, 3.63) is 35.9 Å². The Morgan fingerprint density at radius 1 is 1.18 bits per heavy atom. The molecule has 1 aromatic carbocycles. The Morgan fingerprint density at radius 3 is 2.64 bits per heavy atom. The van der Waals surface area contributed by atoms with Gasteiger partial charge in [0.15, 0.2) is 0 Å². The van der Waals surface area contributed by atoms with Crippen LogP contribution >= 0.6 is 0 Å². The average Bonchev–Trinajstić information content (AvgIpc) is 2.58. The zero-order chi connectivity index (χ0) is 7.52. The third kappa shape index (κ3) is 1.30. The Kier molecular flexibility index (Phi) is 1.69. The number of benzene rings is 1. The van der Waals surface area contributed by atoms with Gasteiger partial charge in [0.1, 0.15) is 0 Å². The summed E-state index contributed by atoms with van der Waals surface area (Å²) in [5.74, 6) is 0. The average molecular weight is 146 g/mol. The molecule has 2 nitrogen and oxygen atoms in total. The van der Waals surface area contributed by atoms with E-state index >= 15 is 0 Å². The largest absolute Gasteiger partial charge is 0.293 e. The minimum atomic E-state index is 0.768. The number of nitrogens with one attached hydrogen (secondary N) is 1. The van der Waals surface area contributed by atoms with Crippen LogP contribution in [0.3, 0.4) is 0 Å². The predicted octanol–water partition coefficient (Wildman–Crippen LogP) is 1.04. The quantitative estimate of drug-likeness (QED) is 0.629. The molecule has 0 radical (unpaired) electrons. The summed E-state index contributed by atoms with van der Waals surface area (Å²) in [5, 5.41) is 3.17. The lowest BCUT2D eigenvalue weighted by Crippen LogP contribution is -2.13. The van der Waals surface area contributed by atoms with Gasteiger partial charge in [-0.3, -0.25) is 10.3 Å². The van der Waals surface area contributed by atoms with Crippen molar-refractivity contribution in [2.45, 2.75) is 0 Å². The van der Waals surface area contributed by atoms with Gasteiger partial charge in [-0.1, -0.05) is 30.3 Å². The van der Waals surface area contributed by atoms with Crippen LogP contribution in [0.1, 0.15) is 5.56 Å². The predicted molar refractivity (Wildman–Crippen MR) is 45.8 cm³/mol. The molecule has 0 unspecified atom stereocenters. The van der Waals surface area contributed by atoms with Gasteiger partial charge in [-0.2, -0.15) is 0 Å². The van der Waals surface area contributed by atoms with Gasteiger partial charge in [-0.25, -0.2) is 0 Å². The summed E-state index contributed by atoms with van der Waals surface area (Å²) in [6, 6.07) is 10.3. The van der Waals surface area contributed by atoms with Gasteiger partial charge in [-0.15, -0.1) is 0 Å². The maximum absolute atomic E-state index is 4.31. The minimum absolute atomic E-state index is 0.768. The van der Waals surface area contributed by atoms with Crippen LogP contribution in [-0.4, -0.2) is 18.9 Å². The molecular formula is C9H10N2. The second-order valence-corrected chi connectivity index (χ2v) is 2.56. The molecule has 0 aromatic heterocycles. The van der Waals surface area contributed by atoms with Crippen molar-refractivity contribution in [3.8, 4) is 0 Å². The number of nitrogens with zero attached hydrogens (tertiary/aromatic N) is 1. The van der Waals surface area contributed by atoms with E-state index < -0.39 is 0 Å². The molecule has 11 heavy (non-hydrogen) atoms. The highest BCUT2D eigenvalue weighted by atomic mass is 15.1. The van der Waals surface area contributed by atoms with Crippen molar-refractivity contribution in [2.24, 2.45) is 4.99 Å². The summed E-state index contributed by atoms with van der Waals surface area (Å²) < 4.78 is 0. The van der Waals surface area contributed by atoms with Gasteiger partial charge < -0.3 is 0 Å². The third-order valence-corrected chi connectivity index (χ3v) is 1.78. The molecule has 1 N–H and O–H groups in total. The minimum Gasteiger partial charge on any atom is -0.293 e. The monoisotopic (exact) mass is 146 g/mol. The van der Waals surface area contributed by atoms with Crippen molar-refractivity contribution >= 4 is 5.71 Å². The molecule has 0 spiro atoms. The van der Waals surface area contributed by atoms with E-state index in [1.165, 1.54) is 11.3 Å². The molecule has 2 rings (SSSR count). The molecule has 1 aliphatic rings. The first-order valence-corrected chi connectivity index (χ1v) is 3.76.